The van der Waals surface area contributed by atoms with Gasteiger partial charge in [0.1, 0.15) is 0 Å². The first-order chi connectivity index (χ1) is 12.5. The predicted molar refractivity (Wildman–Crippen MR) is 102 cm³/mol. The average Bonchev–Trinajstić information content (AvgIpc) is 2.65. The van der Waals surface area contributed by atoms with Crippen molar-refractivity contribution in [2.75, 3.05) is 18.0 Å². The van der Waals surface area contributed by atoms with Gasteiger partial charge in [0.2, 0.25) is 5.91 Å². The van der Waals surface area contributed by atoms with Crippen LogP contribution in [0.3, 0.4) is 0 Å². The molecule has 1 aliphatic heterocycles. The first-order valence-corrected chi connectivity index (χ1v) is 9.19. The van der Waals surface area contributed by atoms with E-state index in [1.54, 1.807) is 12.3 Å². The van der Waals surface area contributed by atoms with Crippen LogP contribution in [0.1, 0.15) is 32.3 Å². The lowest BCUT2D eigenvalue weighted by molar-refractivity contribution is -0.124. The van der Waals surface area contributed by atoms with Crippen LogP contribution in [0.5, 0.6) is 0 Å². The minimum atomic E-state index is -0.0958. The number of piperidine rings is 1. The summed E-state index contributed by atoms with van der Waals surface area (Å²) < 4.78 is 1.48. The highest BCUT2D eigenvalue weighted by Crippen LogP contribution is 2.18. The fourth-order valence-corrected chi connectivity index (χ4v) is 3.12. The molecule has 2 heterocycles. The number of carbonyl (C=O) groups is 1. The molecule has 6 heteroatoms. The molecule has 2 aromatic rings. The van der Waals surface area contributed by atoms with Crippen molar-refractivity contribution in [3.8, 4) is 0 Å². The molecular weight excluding hydrogens is 328 g/mol. The lowest BCUT2D eigenvalue weighted by Crippen LogP contribution is -2.46. The number of hydrogen-bond donors (Lipinski definition) is 1. The van der Waals surface area contributed by atoms with E-state index in [1.807, 2.05) is 44.2 Å². The maximum atomic E-state index is 12.4. The van der Waals surface area contributed by atoms with Gasteiger partial charge in [0.05, 0.1) is 18.4 Å². The third kappa shape index (κ3) is 4.50. The van der Waals surface area contributed by atoms with Gasteiger partial charge in [0.25, 0.3) is 5.56 Å². The Labute approximate surface area is 153 Å². The van der Waals surface area contributed by atoms with Gasteiger partial charge in [-0.15, -0.1) is 0 Å². The molecule has 1 saturated heterocycles. The number of carbonyl (C=O) groups excluding carboxylic acids is 1. The lowest BCUT2D eigenvalue weighted by atomic mass is 10.0. The van der Waals surface area contributed by atoms with Gasteiger partial charge in [-0.25, -0.2) is 4.68 Å². The van der Waals surface area contributed by atoms with Crippen LogP contribution in [0, 0.1) is 5.92 Å². The van der Waals surface area contributed by atoms with Crippen LogP contribution in [0.25, 0.3) is 0 Å². The molecule has 0 unspecified atom stereocenters. The molecule has 0 aliphatic carbocycles. The van der Waals surface area contributed by atoms with Crippen LogP contribution < -0.4 is 15.8 Å². The van der Waals surface area contributed by atoms with E-state index < -0.39 is 0 Å². The highest BCUT2D eigenvalue weighted by Gasteiger charge is 2.22. The molecule has 1 amide bonds. The molecule has 1 aromatic carbocycles. The highest BCUT2D eigenvalue weighted by molar-refractivity contribution is 5.78. The average molecular weight is 354 g/mol. The first-order valence-electron chi connectivity index (χ1n) is 9.19. The number of hydrogen-bond acceptors (Lipinski definition) is 4. The van der Waals surface area contributed by atoms with Crippen LogP contribution >= 0.6 is 0 Å². The van der Waals surface area contributed by atoms with Crippen molar-refractivity contribution in [3.63, 3.8) is 0 Å². The minimum absolute atomic E-state index is 0.00874. The van der Waals surface area contributed by atoms with Gasteiger partial charge in [0, 0.05) is 31.1 Å². The molecule has 1 aliphatic rings. The summed E-state index contributed by atoms with van der Waals surface area (Å²) >= 11 is 0. The lowest BCUT2D eigenvalue weighted by Gasteiger charge is -2.34. The standard InChI is InChI=1S/C20H26N4O2/c1-15(2)20(26)22-17-8-10-23(11-9-17)18-12-19(25)24(21-13-18)14-16-6-4-3-5-7-16/h3-7,12-13,15,17H,8-11,14H2,1-2H3,(H,22,26). The van der Waals surface area contributed by atoms with Gasteiger partial charge < -0.3 is 10.2 Å². The molecule has 0 radical (unpaired) electrons. The van der Waals surface area contributed by atoms with Crippen LogP contribution in [-0.4, -0.2) is 34.8 Å². The van der Waals surface area contributed by atoms with Crippen LogP contribution in [0.15, 0.2) is 47.4 Å². The predicted octanol–water partition coefficient (Wildman–Crippen LogP) is 2.03. The van der Waals surface area contributed by atoms with Crippen molar-refractivity contribution in [1.82, 2.24) is 15.1 Å². The van der Waals surface area contributed by atoms with E-state index in [1.165, 1.54) is 4.68 Å². The number of nitrogens with zero attached hydrogens (tertiary/aromatic N) is 3. The van der Waals surface area contributed by atoms with Crippen molar-refractivity contribution in [3.05, 3.63) is 58.5 Å². The molecule has 0 bridgehead atoms. The van der Waals surface area contributed by atoms with Gasteiger partial charge in [-0.1, -0.05) is 44.2 Å². The summed E-state index contributed by atoms with van der Waals surface area (Å²) in [6.45, 7) is 5.91. The Bertz CT molecular complexity index is 793. The largest absolute Gasteiger partial charge is 0.370 e. The monoisotopic (exact) mass is 354 g/mol. The van der Waals surface area contributed by atoms with E-state index >= 15 is 0 Å². The number of amides is 1. The number of anilines is 1. The highest BCUT2D eigenvalue weighted by atomic mass is 16.2. The topological polar surface area (TPSA) is 67.2 Å². The normalized spacial score (nSPS) is 15.3. The molecule has 0 spiro atoms. The van der Waals surface area contributed by atoms with E-state index in [9.17, 15) is 9.59 Å². The summed E-state index contributed by atoms with van der Waals surface area (Å²) in [6.07, 6.45) is 3.52. The number of nitrogens with one attached hydrogen (secondary N) is 1. The number of benzene rings is 1. The second kappa shape index (κ2) is 8.17. The summed E-state index contributed by atoms with van der Waals surface area (Å²) in [4.78, 5) is 26.4. The van der Waals surface area contributed by atoms with Crippen molar-refractivity contribution in [2.24, 2.45) is 5.92 Å². The minimum Gasteiger partial charge on any atom is -0.370 e. The third-order valence-electron chi connectivity index (χ3n) is 4.76. The smallest absolute Gasteiger partial charge is 0.269 e. The van der Waals surface area contributed by atoms with Crippen molar-refractivity contribution in [1.29, 1.82) is 0 Å². The second-order valence-corrected chi connectivity index (χ2v) is 7.12. The molecule has 1 fully saturated rings. The maximum absolute atomic E-state index is 12.4. The van der Waals surface area contributed by atoms with Crippen molar-refractivity contribution < 1.29 is 4.79 Å². The molecule has 6 nitrogen and oxygen atoms in total. The van der Waals surface area contributed by atoms with E-state index in [0.29, 0.717) is 6.54 Å². The van der Waals surface area contributed by atoms with Gasteiger partial charge in [-0.2, -0.15) is 5.10 Å². The molecule has 1 N–H and O–H groups in total. The van der Waals surface area contributed by atoms with Crippen LogP contribution in [0.2, 0.25) is 0 Å². The summed E-state index contributed by atoms with van der Waals surface area (Å²) in [5.74, 6) is 0.114. The molecule has 0 atom stereocenters. The Morgan fingerprint density at radius 3 is 2.54 bits per heavy atom. The molecular formula is C20H26N4O2. The zero-order valence-corrected chi connectivity index (χ0v) is 15.4. The summed E-state index contributed by atoms with van der Waals surface area (Å²) in [5, 5.41) is 7.42. The van der Waals surface area contributed by atoms with Crippen LogP contribution in [0.4, 0.5) is 5.69 Å². The quantitative estimate of drug-likeness (QED) is 0.892. The van der Waals surface area contributed by atoms with E-state index in [4.69, 9.17) is 0 Å². The Balaban J connectivity index is 1.60. The maximum Gasteiger partial charge on any atom is 0.269 e. The number of rotatable bonds is 5. The summed E-state index contributed by atoms with van der Waals surface area (Å²) in [5.41, 5.74) is 1.81. The van der Waals surface area contributed by atoms with E-state index in [-0.39, 0.29) is 23.4 Å². The Morgan fingerprint density at radius 1 is 1.23 bits per heavy atom. The fourth-order valence-electron chi connectivity index (χ4n) is 3.12. The molecule has 1 aromatic heterocycles. The first kappa shape index (κ1) is 18.2. The zero-order valence-electron chi connectivity index (χ0n) is 15.4. The van der Waals surface area contributed by atoms with E-state index in [2.05, 4.69) is 15.3 Å². The molecule has 0 saturated carbocycles. The molecule has 138 valence electrons. The molecule has 26 heavy (non-hydrogen) atoms. The summed E-state index contributed by atoms with van der Waals surface area (Å²) in [7, 11) is 0. The SMILES string of the molecule is CC(C)C(=O)NC1CCN(c2cnn(Cc3ccccc3)c(=O)c2)CC1. The summed E-state index contributed by atoms with van der Waals surface area (Å²) in [6, 6.07) is 11.7. The van der Waals surface area contributed by atoms with Gasteiger partial charge >= 0.3 is 0 Å². The van der Waals surface area contributed by atoms with E-state index in [0.717, 1.165) is 37.2 Å². The van der Waals surface area contributed by atoms with Gasteiger partial charge in [-0.3, -0.25) is 9.59 Å². The van der Waals surface area contributed by atoms with Crippen molar-refractivity contribution >= 4 is 11.6 Å². The molecule has 3 rings (SSSR count). The fraction of sp³-hybridized carbons (Fsp3) is 0.450. The van der Waals surface area contributed by atoms with Crippen molar-refractivity contribution in [2.45, 2.75) is 39.3 Å². The van der Waals surface area contributed by atoms with Crippen LogP contribution in [-0.2, 0) is 11.3 Å². The van der Waals surface area contributed by atoms with Gasteiger partial charge in [-0.05, 0) is 18.4 Å². The number of aromatic nitrogens is 2. The Morgan fingerprint density at radius 2 is 1.92 bits per heavy atom. The zero-order chi connectivity index (χ0) is 18.5. The second-order valence-electron chi connectivity index (χ2n) is 7.12. The van der Waals surface area contributed by atoms with Gasteiger partial charge in [0.15, 0.2) is 0 Å². The Hall–Kier alpha value is -2.63. The third-order valence-corrected chi connectivity index (χ3v) is 4.76. The Kier molecular flexibility index (Phi) is 5.71.